The van der Waals surface area contributed by atoms with Crippen LogP contribution in [0.2, 0.25) is 0 Å². The molecule has 25 heavy (non-hydrogen) atoms. The molecule has 2 unspecified atom stereocenters. The van der Waals surface area contributed by atoms with Crippen LogP contribution < -0.4 is 11.1 Å². The number of carbonyl (C=O) groups excluding carboxylic acids is 1. The second-order valence-corrected chi connectivity index (χ2v) is 6.65. The van der Waals surface area contributed by atoms with Crippen LogP contribution in [0.4, 0.5) is 0 Å². The molecule has 2 atom stereocenters. The summed E-state index contributed by atoms with van der Waals surface area (Å²) in [5.74, 6) is 0.687. The highest BCUT2D eigenvalue weighted by Gasteiger charge is 2.30. The molecule has 1 saturated carbocycles. The van der Waals surface area contributed by atoms with E-state index in [0.717, 1.165) is 35.8 Å². The maximum Gasteiger partial charge on any atom is 0.287 e. The number of halogens is 2. The zero-order valence-electron chi connectivity index (χ0n) is 14.7. The van der Waals surface area contributed by atoms with Crippen LogP contribution in [0.15, 0.2) is 28.7 Å². The lowest BCUT2D eigenvalue weighted by molar-refractivity contribution is 0.0900. The minimum absolute atomic E-state index is 0. The van der Waals surface area contributed by atoms with Gasteiger partial charge in [0.2, 0.25) is 0 Å². The van der Waals surface area contributed by atoms with Gasteiger partial charge in [0.15, 0.2) is 5.76 Å². The summed E-state index contributed by atoms with van der Waals surface area (Å²) in [5, 5.41) is 4.15. The molecule has 140 valence electrons. The van der Waals surface area contributed by atoms with Crippen molar-refractivity contribution < 1.29 is 9.21 Å². The van der Waals surface area contributed by atoms with Crippen LogP contribution in [0.3, 0.4) is 0 Å². The van der Waals surface area contributed by atoms with Crippen molar-refractivity contribution in [2.24, 2.45) is 11.7 Å². The lowest BCUT2D eigenvalue weighted by Crippen LogP contribution is -2.40. The van der Waals surface area contributed by atoms with Gasteiger partial charge in [-0.3, -0.25) is 4.79 Å². The van der Waals surface area contributed by atoms with Crippen LogP contribution in [0, 0.1) is 5.92 Å². The second kappa shape index (κ2) is 9.43. The van der Waals surface area contributed by atoms with Gasteiger partial charge < -0.3 is 20.4 Å². The Morgan fingerprint density at radius 3 is 2.68 bits per heavy atom. The van der Waals surface area contributed by atoms with Gasteiger partial charge in [-0.1, -0.05) is 24.6 Å². The van der Waals surface area contributed by atoms with E-state index >= 15 is 0 Å². The number of benzene rings is 1. The van der Waals surface area contributed by atoms with E-state index in [0.29, 0.717) is 24.8 Å². The maximum absolute atomic E-state index is 12.8. The Labute approximate surface area is 161 Å². The Hall–Kier alpha value is -1.27. The van der Waals surface area contributed by atoms with Crippen molar-refractivity contribution in [1.29, 1.82) is 0 Å². The van der Waals surface area contributed by atoms with Gasteiger partial charge in [-0.05, 0) is 45.5 Å². The number of carbonyl (C=O) groups is 1. The number of para-hydroxylation sites is 1. The fraction of sp³-hybridized carbons (Fsp3) is 0.500. The molecule has 1 fully saturated rings. The van der Waals surface area contributed by atoms with E-state index in [1.165, 1.54) is 0 Å². The van der Waals surface area contributed by atoms with Gasteiger partial charge in [-0.2, -0.15) is 0 Å². The van der Waals surface area contributed by atoms with Gasteiger partial charge in [0.25, 0.3) is 5.91 Å². The molecule has 1 heterocycles. The van der Waals surface area contributed by atoms with Crippen molar-refractivity contribution in [3.8, 4) is 0 Å². The van der Waals surface area contributed by atoms with Gasteiger partial charge in [0.1, 0.15) is 5.58 Å². The zero-order valence-corrected chi connectivity index (χ0v) is 16.3. The summed E-state index contributed by atoms with van der Waals surface area (Å²) >= 11 is 0. The van der Waals surface area contributed by atoms with Crippen molar-refractivity contribution in [2.45, 2.75) is 31.8 Å². The highest BCUT2D eigenvalue weighted by molar-refractivity contribution is 5.99. The number of rotatable bonds is 5. The highest BCUT2D eigenvalue weighted by Crippen LogP contribution is 2.29. The SMILES string of the molecule is CN(C)Cc1c(C(=O)NC2CCCC2CN)oc2ccccc12.Cl.Cl. The quantitative estimate of drug-likeness (QED) is 0.825. The lowest BCUT2D eigenvalue weighted by Gasteiger charge is -2.19. The molecule has 1 aliphatic rings. The molecule has 2 aromatic rings. The summed E-state index contributed by atoms with van der Waals surface area (Å²) in [6.07, 6.45) is 3.21. The van der Waals surface area contributed by atoms with Crippen molar-refractivity contribution in [3.05, 3.63) is 35.6 Å². The number of hydrogen-bond acceptors (Lipinski definition) is 4. The third kappa shape index (κ3) is 4.67. The van der Waals surface area contributed by atoms with Crippen molar-refractivity contribution >= 4 is 41.7 Å². The number of hydrogen-bond donors (Lipinski definition) is 2. The first-order valence-corrected chi connectivity index (χ1v) is 8.26. The summed E-state index contributed by atoms with van der Waals surface area (Å²) < 4.78 is 5.87. The van der Waals surface area contributed by atoms with Crippen molar-refractivity contribution in [1.82, 2.24) is 10.2 Å². The second-order valence-electron chi connectivity index (χ2n) is 6.65. The van der Waals surface area contributed by atoms with Crippen LogP contribution in [-0.4, -0.2) is 37.5 Å². The number of nitrogens with zero attached hydrogens (tertiary/aromatic N) is 1. The monoisotopic (exact) mass is 387 g/mol. The summed E-state index contributed by atoms with van der Waals surface area (Å²) in [5.41, 5.74) is 7.52. The summed E-state index contributed by atoms with van der Waals surface area (Å²) in [4.78, 5) is 14.8. The van der Waals surface area contributed by atoms with Gasteiger partial charge in [0, 0.05) is 23.5 Å². The van der Waals surface area contributed by atoms with E-state index in [2.05, 4.69) is 5.32 Å². The van der Waals surface area contributed by atoms with Crippen molar-refractivity contribution in [3.63, 3.8) is 0 Å². The van der Waals surface area contributed by atoms with Gasteiger partial charge in [0.05, 0.1) is 0 Å². The average Bonchev–Trinajstić information content (AvgIpc) is 3.11. The average molecular weight is 388 g/mol. The van der Waals surface area contributed by atoms with Crippen LogP contribution in [0.25, 0.3) is 11.0 Å². The van der Waals surface area contributed by atoms with E-state index in [4.69, 9.17) is 10.2 Å². The Morgan fingerprint density at radius 1 is 1.28 bits per heavy atom. The van der Waals surface area contributed by atoms with E-state index in [9.17, 15) is 4.79 Å². The topological polar surface area (TPSA) is 71.5 Å². The third-order valence-corrected chi connectivity index (χ3v) is 4.66. The number of nitrogens with one attached hydrogen (secondary N) is 1. The van der Waals surface area contributed by atoms with E-state index < -0.39 is 0 Å². The Bertz CT molecular complexity index is 703. The molecule has 0 aliphatic heterocycles. The molecule has 0 radical (unpaired) electrons. The summed E-state index contributed by atoms with van der Waals surface area (Å²) in [6, 6.07) is 7.97. The molecule has 1 aliphatic carbocycles. The number of furan rings is 1. The van der Waals surface area contributed by atoms with Gasteiger partial charge in [-0.15, -0.1) is 24.8 Å². The number of amides is 1. The van der Waals surface area contributed by atoms with E-state index in [1.54, 1.807) is 0 Å². The molecule has 0 spiro atoms. The van der Waals surface area contributed by atoms with E-state index in [1.807, 2.05) is 43.3 Å². The molecule has 1 aromatic carbocycles. The summed E-state index contributed by atoms with van der Waals surface area (Å²) in [6.45, 7) is 1.29. The molecule has 7 heteroatoms. The van der Waals surface area contributed by atoms with Gasteiger partial charge >= 0.3 is 0 Å². The molecular weight excluding hydrogens is 361 g/mol. The van der Waals surface area contributed by atoms with E-state index in [-0.39, 0.29) is 36.8 Å². The van der Waals surface area contributed by atoms with Crippen LogP contribution in [-0.2, 0) is 6.54 Å². The Kier molecular flexibility index (Phi) is 8.22. The highest BCUT2D eigenvalue weighted by atomic mass is 35.5. The lowest BCUT2D eigenvalue weighted by atomic mass is 10.0. The Balaban J connectivity index is 0.00000156. The molecule has 0 saturated heterocycles. The smallest absolute Gasteiger partial charge is 0.287 e. The largest absolute Gasteiger partial charge is 0.451 e. The molecule has 1 amide bonds. The normalized spacial score (nSPS) is 19.5. The number of nitrogens with two attached hydrogens (primary N) is 1. The number of fused-ring (bicyclic) bond motifs is 1. The predicted molar refractivity (Wildman–Crippen MR) is 106 cm³/mol. The van der Waals surface area contributed by atoms with Gasteiger partial charge in [-0.25, -0.2) is 0 Å². The first-order chi connectivity index (χ1) is 11.1. The first kappa shape index (κ1) is 21.8. The Morgan fingerprint density at radius 2 is 2.00 bits per heavy atom. The van der Waals surface area contributed by atoms with Crippen LogP contribution in [0.5, 0.6) is 0 Å². The first-order valence-electron chi connectivity index (χ1n) is 8.26. The predicted octanol–water partition coefficient (Wildman–Crippen LogP) is 3.20. The minimum atomic E-state index is -0.122. The van der Waals surface area contributed by atoms with Crippen molar-refractivity contribution in [2.75, 3.05) is 20.6 Å². The standard InChI is InChI=1S/C18H25N3O2.2ClH/c1-21(2)11-14-13-7-3-4-9-16(13)23-17(14)18(22)20-15-8-5-6-12(15)10-19;;/h3-4,7,9,12,15H,5-6,8,10-11,19H2,1-2H3,(H,20,22);2*1H. The van der Waals surface area contributed by atoms with Crippen LogP contribution >= 0.6 is 24.8 Å². The molecule has 3 N–H and O–H groups in total. The maximum atomic E-state index is 12.8. The fourth-order valence-corrected chi connectivity index (χ4v) is 3.50. The minimum Gasteiger partial charge on any atom is -0.451 e. The molecule has 0 bridgehead atoms. The third-order valence-electron chi connectivity index (χ3n) is 4.66. The zero-order chi connectivity index (χ0) is 16.4. The van der Waals surface area contributed by atoms with Crippen LogP contribution in [0.1, 0.15) is 35.4 Å². The molecule has 3 rings (SSSR count). The molecule has 5 nitrogen and oxygen atoms in total. The fourth-order valence-electron chi connectivity index (χ4n) is 3.50. The summed E-state index contributed by atoms with van der Waals surface area (Å²) in [7, 11) is 3.98. The molecule has 1 aromatic heterocycles. The molecular formula is C18H27Cl2N3O2.